The van der Waals surface area contributed by atoms with Crippen LogP contribution in [0.15, 0.2) is 24.3 Å². The lowest BCUT2D eigenvalue weighted by molar-refractivity contribution is 0.342. The van der Waals surface area contributed by atoms with Gasteiger partial charge in [-0.3, -0.25) is 0 Å². The first-order valence-electron chi connectivity index (χ1n) is 3.84. The SMILES string of the molecule is O=[PH](CC=CCO)CC=CCO. The fourth-order valence-electron chi connectivity index (χ4n) is 0.662. The molecule has 0 fully saturated rings. The molecular weight excluding hydrogens is 175 g/mol. The molecule has 0 amide bonds. The summed E-state index contributed by atoms with van der Waals surface area (Å²) in [5.41, 5.74) is 0. The van der Waals surface area contributed by atoms with Crippen molar-refractivity contribution in [1.29, 1.82) is 0 Å². The van der Waals surface area contributed by atoms with E-state index in [1.165, 1.54) is 0 Å². The van der Waals surface area contributed by atoms with E-state index >= 15 is 0 Å². The van der Waals surface area contributed by atoms with E-state index in [1.54, 1.807) is 24.3 Å². The summed E-state index contributed by atoms with van der Waals surface area (Å²) in [6.07, 6.45) is 7.65. The molecule has 70 valence electrons. The van der Waals surface area contributed by atoms with E-state index in [2.05, 4.69) is 0 Å². The van der Waals surface area contributed by atoms with Crippen LogP contribution in [0.1, 0.15) is 0 Å². The van der Waals surface area contributed by atoms with Crippen molar-refractivity contribution in [2.75, 3.05) is 25.5 Å². The van der Waals surface area contributed by atoms with Gasteiger partial charge in [0.25, 0.3) is 0 Å². The third-order valence-electron chi connectivity index (χ3n) is 1.24. The van der Waals surface area contributed by atoms with Gasteiger partial charge in [0, 0.05) is 12.3 Å². The fraction of sp³-hybridized carbons (Fsp3) is 0.500. The lowest BCUT2D eigenvalue weighted by Gasteiger charge is -1.91. The summed E-state index contributed by atoms with van der Waals surface area (Å²) in [7, 11) is -1.58. The molecular formula is C8H15O3P. The minimum atomic E-state index is -1.58. The van der Waals surface area contributed by atoms with Crippen molar-refractivity contribution in [3.63, 3.8) is 0 Å². The highest BCUT2D eigenvalue weighted by Crippen LogP contribution is 2.19. The van der Waals surface area contributed by atoms with Gasteiger partial charge in [-0.15, -0.1) is 0 Å². The largest absolute Gasteiger partial charge is 0.392 e. The Bertz CT molecular complexity index is 157. The van der Waals surface area contributed by atoms with Crippen LogP contribution in [-0.2, 0) is 4.57 Å². The summed E-state index contributed by atoms with van der Waals surface area (Å²) < 4.78 is 11.1. The maximum Gasteiger partial charge on any atom is 0.0833 e. The average molecular weight is 190 g/mol. The summed E-state index contributed by atoms with van der Waals surface area (Å²) in [6.45, 7) is 0.00323. The Morgan fingerprint density at radius 2 is 1.33 bits per heavy atom. The molecule has 0 radical (unpaired) electrons. The van der Waals surface area contributed by atoms with Crippen LogP contribution < -0.4 is 0 Å². The summed E-state index contributed by atoms with van der Waals surface area (Å²) in [4.78, 5) is 0. The van der Waals surface area contributed by atoms with Gasteiger partial charge in [-0.05, 0) is 0 Å². The smallest absolute Gasteiger partial charge is 0.0833 e. The lowest BCUT2D eigenvalue weighted by atomic mass is 10.5. The van der Waals surface area contributed by atoms with Gasteiger partial charge in [-0.2, -0.15) is 0 Å². The highest BCUT2D eigenvalue weighted by atomic mass is 31.1. The van der Waals surface area contributed by atoms with E-state index < -0.39 is 7.80 Å². The van der Waals surface area contributed by atoms with Gasteiger partial charge in [0.05, 0.1) is 21.0 Å². The fourth-order valence-corrected chi connectivity index (χ4v) is 1.69. The molecule has 0 atom stereocenters. The van der Waals surface area contributed by atoms with E-state index in [4.69, 9.17) is 10.2 Å². The van der Waals surface area contributed by atoms with Crippen LogP contribution in [0, 0.1) is 0 Å². The summed E-state index contributed by atoms with van der Waals surface area (Å²) in [5, 5.41) is 16.7. The Hall–Kier alpha value is -0.370. The second-order valence-electron chi connectivity index (χ2n) is 2.25. The second-order valence-corrected chi connectivity index (χ2v) is 4.15. The summed E-state index contributed by atoms with van der Waals surface area (Å²) in [6, 6.07) is 0. The maximum absolute atomic E-state index is 11.1. The van der Waals surface area contributed by atoms with E-state index in [0.29, 0.717) is 12.3 Å². The number of allylic oxidation sites excluding steroid dienone is 2. The number of rotatable bonds is 6. The van der Waals surface area contributed by atoms with E-state index in [1.807, 2.05) is 0 Å². The highest BCUT2D eigenvalue weighted by molar-refractivity contribution is 7.45. The third kappa shape index (κ3) is 7.73. The number of aliphatic hydroxyl groups is 2. The molecule has 0 bridgehead atoms. The lowest BCUT2D eigenvalue weighted by Crippen LogP contribution is -1.79. The van der Waals surface area contributed by atoms with Crippen LogP contribution >= 0.6 is 7.80 Å². The zero-order valence-corrected chi connectivity index (χ0v) is 7.94. The maximum atomic E-state index is 11.1. The van der Waals surface area contributed by atoms with Crippen molar-refractivity contribution >= 4 is 7.80 Å². The monoisotopic (exact) mass is 190 g/mol. The molecule has 0 spiro atoms. The summed E-state index contributed by atoms with van der Waals surface area (Å²) >= 11 is 0. The predicted molar refractivity (Wildman–Crippen MR) is 51.2 cm³/mol. The molecule has 0 aromatic rings. The molecule has 0 aromatic heterocycles. The molecule has 0 aliphatic heterocycles. The molecule has 3 nitrogen and oxygen atoms in total. The molecule has 0 aliphatic carbocycles. The van der Waals surface area contributed by atoms with Gasteiger partial charge >= 0.3 is 0 Å². The first-order chi connectivity index (χ1) is 5.81. The van der Waals surface area contributed by atoms with Crippen molar-refractivity contribution in [1.82, 2.24) is 0 Å². The van der Waals surface area contributed by atoms with Crippen LogP contribution in [0.3, 0.4) is 0 Å². The van der Waals surface area contributed by atoms with E-state index in [9.17, 15) is 4.57 Å². The minimum absolute atomic E-state index is 0.00161. The van der Waals surface area contributed by atoms with Gasteiger partial charge < -0.3 is 14.8 Å². The molecule has 4 heteroatoms. The average Bonchev–Trinajstić information content (AvgIpc) is 2.06. The Balaban J connectivity index is 3.46. The van der Waals surface area contributed by atoms with Gasteiger partial charge in [-0.25, -0.2) is 0 Å². The normalized spacial score (nSPS) is 14.5. The Labute approximate surface area is 73.2 Å². The van der Waals surface area contributed by atoms with Gasteiger partial charge in [0.1, 0.15) is 0 Å². The second kappa shape index (κ2) is 8.72. The molecule has 0 rings (SSSR count). The Morgan fingerprint density at radius 3 is 1.67 bits per heavy atom. The topological polar surface area (TPSA) is 57.5 Å². The Morgan fingerprint density at radius 1 is 0.917 bits per heavy atom. The molecule has 0 aliphatic rings. The van der Waals surface area contributed by atoms with Crippen LogP contribution in [-0.4, -0.2) is 35.8 Å². The number of hydrogen-bond acceptors (Lipinski definition) is 3. The molecule has 0 saturated heterocycles. The molecule has 2 N–H and O–H groups in total. The molecule has 12 heavy (non-hydrogen) atoms. The molecule has 0 aromatic carbocycles. The van der Waals surface area contributed by atoms with Crippen molar-refractivity contribution in [3.05, 3.63) is 24.3 Å². The standard InChI is InChI=1S/C8H15O3P/c9-5-1-3-7-12(11)8-4-2-6-10/h1-4,9-10,12H,5-8H2. The predicted octanol–water partition coefficient (Wildman–Crippen LogP) is 0.643. The van der Waals surface area contributed by atoms with E-state index in [0.717, 1.165) is 0 Å². The van der Waals surface area contributed by atoms with Crippen LogP contribution in [0.5, 0.6) is 0 Å². The molecule has 0 heterocycles. The van der Waals surface area contributed by atoms with Crippen molar-refractivity contribution in [2.24, 2.45) is 0 Å². The van der Waals surface area contributed by atoms with Gasteiger partial charge in [0.2, 0.25) is 0 Å². The van der Waals surface area contributed by atoms with Crippen molar-refractivity contribution < 1.29 is 14.8 Å². The minimum Gasteiger partial charge on any atom is -0.392 e. The zero-order valence-electron chi connectivity index (χ0n) is 6.94. The first-order valence-corrected chi connectivity index (χ1v) is 5.67. The van der Waals surface area contributed by atoms with Crippen molar-refractivity contribution in [2.45, 2.75) is 0 Å². The van der Waals surface area contributed by atoms with Crippen LogP contribution in [0.2, 0.25) is 0 Å². The van der Waals surface area contributed by atoms with Gasteiger partial charge in [0.15, 0.2) is 0 Å². The molecule has 0 unspecified atom stereocenters. The van der Waals surface area contributed by atoms with Crippen LogP contribution in [0.25, 0.3) is 0 Å². The Kier molecular flexibility index (Phi) is 8.46. The number of aliphatic hydroxyl groups excluding tert-OH is 2. The molecule has 0 saturated carbocycles. The van der Waals surface area contributed by atoms with Crippen LogP contribution in [0.4, 0.5) is 0 Å². The third-order valence-corrected chi connectivity index (χ3v) is 2.62. The van der Waals surface area contributed by atoms with Gasteiger partial charge in [-0.1, -0.05) is 24.3 Å². The summed E-state index contributed by atoms with van der Waals surface area (Å²) in [5.74, 6) is 0. The quantitative estimate of drug-likeness (QED) is 0.477. The highest BCUT2D eigenvalue weighted by Gasteiger charge is 1.91. The zero-order chi connectivity index (χ0) is 9.23. The van der Waals surface area contributed by atoms with Crippen molar-refractivity contribution in [3.8, 4) is 0 Å². The van der Waals surface area contributed by atoms with E-state index in [-0.39, 0.29) is 13.2 Å². The first kappa shape index (κ1) is 11.6. The number of hydrogen-bond donors (Lipinski definition) is 2.